The molecule has 0 saturated carbocycles. The number of unbranched alkanes of at least 4 members (excludes halogenated alkanes) is 1. The van der Waals surface area contributed by atoms with E-state index in [2.05, 4.69) is 51.1 Å². The van der Waals surface area contributed by atoms with E-state index < -0.39 is 0 Å². The number of aromatic nitrogens is 2. The third-order valence-corrected chi connectivity index (χ3v) is 5.01. The normalized spacial score (nSPS) is 20.1. The first-order valence-corrected chi connectivity index (χ1v) is 9.29. The number of pyridine rings is 1. The summed E-state index contributed by atoms with van der Waals surface area (Å²) in [7, 11) is 1.74. The number of nitrogens with zero attached hydrogens (tertiary/aromatic N) is 3. The Kier molecular flexibility index (Phi) is 6.04. The Hall–Kier alpha value is -1.92. The average molecular weight is 359 g/mol. The molecule has 0 aromatic carbocycles. The Morgan fingerprint density at radius 2 is 2.12 bits per heavy atom. The molecule has 1 N–H and O–H groups in total. The zero-order chi connectivity index (χ0) is 17.6. The van der Waals surface area contributed by atoms with Gasteiger partial charge in [0.15, 0.2) is 5.11 Å². The second-order valence-corrected chi connectivity index (χ2v) is 6.68. The molecule has 25 heavy (non-hydrogen) atoms. The molecule has 3 rings (SSSR count). The van der Waals surface area contributed by atoms with Crippen molar-refractivity contribution in [2.24, 2.45) is 0 Å². The van der Waals surface area contributed by atoms with E-state index in [4.69, 9.17) is 17.0 Å². The topological polar surface area (TPSA) is 42.3 Å². The van der Waals surface area contributed by atoms with Gasteiger partial charge in [0, 0.05) is 38.3 Å². The summed E-state index contributed by atoms with van der Waals surface area (Å²) in [6, 6.07) is 10.5. The lowest BCUT2D eigenvalue weighted by Crippen LogP contribution is -2.31. The summed E-state index contributed by atoms with van der Waals surface area (Å²) in [6.07, 6.45) is 6.22. The highest BCUT2D eigenvalue weighted by Gasteiger charge is 2.40. The van der Waals surface area contributed by atoms with E-state index in [1.54, 1.807) is 7.11 Å². The van der Waals surface area contributed by atoms with Crippen molar-refractivity contribution < 1.29 is 4.74 Å². The Bertz CT molecular complexity index is 688. The summed E-state index contributed by atoms with van der Waals surface area (Å²) in [5, 5.41) is 4.31. The second-order valence-electron chi connectivity index (χ2n) is 6.29. The Labute approximate surface area is 155 Å². The molecule has 1 fully saturated rings. The highest BCUT2D eigenvalue weighted by atomic mass is 32.1. The molecule has 1 aliphatic rings. The largest absolute Gasteiger partial charge is 0.383 e. The number of thiocarbonyl (C=S) groups is 1. The number of ether oxygens (including phenoxy) is 1. The van der Waals surface area contributed by atoms with Gasteiger partial charge in [-0.3, -0.25) is 4.98 Å². The highest BCUT2D eigenvalue weighted by molar-refractivity contribution is 7.80. The maximum Gasteiger partial charge on any atom is 0.170 e. The number of nitrogens with one attached hydrogen (secondary N) is 1. The van der Waals surface area contributed by atoms with Crippen LogP contribution in [0.2, 0.25) is 0 Å². The van der Waals surface area contributed by atoms with Crippen molar-refractivity contribution in [2.45, 2.75) is 38.4 Å². The van der Waals surface area contributed by atoms with Crippen LogP contribution in [0, 0.1) is 0 Å². The van der Waals surface area contributed by atoms with Gasteiger partial charge < -0.3 is 19.5 Å². The van der Waals surface area contributed by atoms with Gasteiger partial charge in [-0.2, -0.15) is 0 Å². The van der Waals surface area contributed by atoms with Crippen molar-refractivity contribution in [3.63, 3.8) is 0 Å². The second kappa shape index (κ2) is 8.45. The number of hydrogen-bond donors (Lipinski definition) is 1. The van der Waals surface area contributed by atoms with Crippen LogP contribution < -0.4 is 5.32 Å². The molecule has 2 atom stereocenters. The molecule has 134 valence electrons. The first kappa shape index (κ1) is 17.9. The standard InChI is InChI=1S/C19H26N4OS/c1-3-4-12-23-18(16-9-7-11-22(16)13-14-24-2)17(21-19(23)25)15-8-5-6-10-20-15/h5-11,17-18H,3-4,12-14H2,1-2H3,(H,21,25). The molecular formula is C19H26N4OS. The lowest BCUT2D eigenvalue weighted by atomic mass is 10.0. The minimum Gasteiger partial charge on any atom is -0.383 e. The SMILES string of the molecule is CCCCN1C(=S)NC(c2ccccn2)C1c1cccn1CCOC. The summed E-state index contributed by atoms with van der Waals surface area (Å²) in [6.45, 7) is 4.68. The van der Waals surface area contributed by atoms with E-state index in [1.165, 1.54) is 5.69 Å². The van der Waals surface area contributed by atoms with Crippen molar-refractivity contribution in [1.82, 2.24) is 19.8 Å². The molecule has 0 bridgehead atoms. The highest BCUT2D eigenvalue weighted by Crippen LogP contribution is 2.38. The minimum atomic E-state index is 0.0572. The average Bonchev–Trinajstić information content (AvgIpc) is 3.22. The van der Waals surface area contributed by atoms with Crippen molar-refractivity contribution >= 4 is 17.3 Å². The van der Waals surface area contributed by atoms with Crippen molar-refractivity contribution in [1.29, 1.82) is 0 Å². The zero-order valence-corrected chi connectivity index (χ0v) is 15.7. The lowest BCUT2D eigenvalue weighted by Gasteiger charge is -2.28. The molecule has 2 aromatic rings. The molecule has 2 unspecified atom stereocenters. The van der Waals surface area contributed by atoms with Gasteiger partial charge in [0.05, 0.1) is 24.4 Å². The van der Waals surface area contributed by atoms with Crippen molar-refractivity contribution in [3.8, 4) is 0 Å². The van der Waals surface area contributed by atoms with Crippen LogP contribution >= 0.6 is 12.2 Å². The molecule has 0 aliphatic carbocycles. The molecule has 1 aliphatic heterocycles. The van der Waals surface area contributed by atoms with E-state index in [0.29, 0.717) is 6.61 Å². The van der Waals surface area contributed by atoms with Gasteiger partial charge in [-0.25, -0.2) is 0 Å². The molecule has 0 spiro atoms. The van der Waals surface area contributed by atoms with Crippen LogP contribution in [-0.2, 0) is 11.3 Å². The van der Waals surface area contributed by atoms with Crippen molar-refractivity contribution in [3.05, 3.63) is 54.1 Å². The predicted molar refractivity (Wildman–Crippen MR) is 103 cm³/mol. The van der Waals surface area contributed by atoms with Gasteiger partial charge in [0.1, 0.15) is 0 Å². The van der Waals surface area contributed by atoms with Gasteiger partial charge in [0.2, 0.25) is 0 Å². The Morgan fingerprint density at radius 3 is 2.84 bits per heavy atom. The fourth-order valence-corrected chi connectivity index (χ4v) is 3.72. The number of methoxy groups -OCH3 is 1. The van der Waals surface area contributed by atoms with Crippen LogP contribution in [-0.4, -0.2) is 39.8 Å². The molecule has 5 nitrogen and oxygen atoms in total. The van der Waals surface area contributed by atoms with E-state index in [0.717, 1.165) is 36.7 Å². The van der Waals surface area contributed by atoms with Crippen LogP contribution in [0.5, 0.6) is 0 Å². The Balaban J connectivity index is 1.96. The molecule has 0 amide bonds. The molecule has 6 heteroatoms. The van der Waals surface area contributed by atoms with E-state index in [1.807, 2.05) is 18.3 Å². The van der Waals surface area contributed by atoms with Crippen LogP contribution in [0.1, 0.15) is 43.2 Å². The minimum absolute atomic E-state index is 0.0572. The fraction of sp³-hybridized carbons (Fsp3) is 0.474. The molecule has 2 aromatic heterocycles. The predicted octanol–water partition coefficient (Wildman–Crippen LogP) is 3.30. The number of rotatable bonds is 8. The number of hydrogen-bond acceptors (Lipinski definition) is 3. The first-order chi connectivity index (χ1) is 12.3. The van der Waals surface area contributed by atoms with Gasteiger partial charge >= 0.3 is 0 Å². The summed E-state index contributed by atoms with van der Waals surface area (Å²) in [5.74, 6) is 0. The van der Waals surface area contributed by atoms with Crippen LogP contribution in [0.15, 0.2) is 42.7 Å². The summed E-state index contributed by atoms with van der Waals surface area (Å²) in [5.41, 5.74) is 2.27. The fourth-order valence-electron chi connectivity index (χ4n) is 3.39. The summed E-state index contributed by atoms with van der Waals surface area (Å²) < 4.78 is 7.53. The van der Waals surface area contributed by atoms with Crippen molar-refractivity contribution in [2.75, 3.05) is 20.3 Å². The molecule has 1 saturated heterocycles. The maximum atomic E-state index is 5.67. The van der Waals surface area contributed by atoms with E-state index >= 15 is 0 Å². The van der Waals surface area contributed by atoms with Crippen LogP contribution in [0.25, 0.3) is 0 Å². The van der Waals surface area contributed by atoms with Gasteiger partial charge in [-0.1, -0.05) is 19.4 Å². The smallest absolute Gasteiger partial charge is 0.170 e. The molecular weight excluding hydrogens is 332 g/mol. The lowest BCUT2D eigenvalue weighted by molar-refractivity contribution is 0.184. The molecule has 3 heterocycles. The monoisotopic (exact) mass is 358 g/mol. The summed E-state index contributed by atoms with van der Waals surface area (Å²) in [4.78, 5) is 6.90. The quantitative estimate of drug-likeness (QED) is 0.734. The van der Waals surface area contributed by atoms with E-state index in [-0.39, 0.29) is 12.1 Å². The van der Waals surface area contributed by atoms with Crippen LogP contribution in [0.4, 0.5) is 0 Å². The van der Waals surface area contributed by atoms with E-state index in [9.17, 15) is 0 Å². The zero-order valence-electron chi connectivity index (χ0n) is 14.9. The van der Waals surface area contributed by atoms with Gasteiger partial charge in [-0.05, 0) is 42.9 Å². The third kappa shape index (κ3) is 3.85. The Morgan fingerprint density at radius 1 is 1.24 bits per heavy atom. The van der Waals surface area contributed by atoms with Gasteiger partial charge in [-0.15, -0.1) is 0 Å². The molecule has 0 radical (unpaired) electrons. The maximum absolute atomic E-state index is 5.67. The summed E-state index contributed by atoms with van der Waals surface area (Å²) >= 11 is 5.67. The van der Waals surface area contributed by atoms with Gasteiger partial charge in [0.25, 0.3) is 0 Å². The first-order valence-electron chi connectivity index (χ1n) is 8.88. The third-order valence-electron chi connectivity index (χ3n) is 4.65. The van der Waals surface area contributed by atoms with Crippen LogP contribution in [0.3, 0.4) is 0 Å².